The van der Waals surface area contributed by atoms with E-state index in [2.05, 4.69) is 15.9 Å². The molecule has 1 heterocycles. The maximum Gasteiger partial charge on any atom is 0.425 e. The smallest absolute Gasteiger partial charge is 0.425 e. The van der Waals surface area contributed by atoms with Crippen molar-refractivity contribution >= 4 is 34.0 Å². The summed E-state index contributed by atoms with van der Waals surface area (Å²) in [5.74, 6) is -0.551. The summed E-state index contributed by atoms with van der Waals surface area (Å²) in [6.07, 6.45) is -0.912. The van der Waals surface area contributed by atoms with Gasteiger partial charge in [0.15, 0.2) is 0 Å². The van der Waals surface area contributed by atoms with Crippen LogP contribution in [0.5, 0.6) is 0 Å². The van der Waals surface area contributed by atoms with E-state index in [9.17, 15) is 14.4 Å². The topological polar surface area (TPSA) is 66.9 Å². The SMILES string of the molecule is CC(C)(C)OC(=O)N1C(=O)CN(CCBr)C1=O. The number of amides is 4. The van der Waals surface area contributed by atoms with Gasteiger partial charge in [0.05, 0.1) is 0 Å². The quantitative estimate of drug-likeness (QED) is 0.574. The van der Waals surface area contributed by atoms with Crippen molar-refractivity contribution in [1.29, 1.82) is 0 Å². The van der Waals surface area contributed by atoms with Gasteiger partial charge in [-0.15, -0.1) is 0 Å². The van der Waals surface area contributed by atoms with Crippen LogP contribution >= 0.6 is 15.9 Å². The molecule has 1 rings (SSSR count). The molecule has 0 aliphatic carbocycles. The summed E-state index contributed by atoms with van der Waals surface area (Å²) in [4.78, 5) is 36.8. The highest BCUT2D eigenvalue weighted by atomic mass is 79.9. The molecule has 0 aromatic carbocycles. The van der Waals surface area contributed by atoms with Crippen molar-refractivity contribution in [3.8, 4) is 0 Å². The Bertz CT molecular complexity index is 351. The molecular formula is C10H15BrN2O4. The lowest BCUT2D eigenvalue weighted by molar-refractivity contribution is -0.124. The molecule has 7 heteroatoms. The van der Waals surface area contributed by atoms with Crippen LogP contribution in [-0.4, -0.2) is 51.9 Å². The average molecular weight is 307 g/mol. The highest BCUT2D eigenvalue weighted by Gasteiger charge is 2.42. The molecule has 1 aliphatic rings. The van der Waals surface area contributed by atoms with Crippen LogP contribution in [0.15, 0.2) is 0 Å². The summed E-state index contributed by atoms with van der Waals surface area (Å²) < 4.78 is 5.00. The van der Waals surface area contributed by atoms with E-state index in [1.54, 1.807) is 20.8 Å². The second-order valence-electron chi connectivity index (χ2n) is 4.60. The van der Waals surface area contributed by atoms with Crippen LogP contribution in [0.4, 0.5) is 9.59 Å². The van der Waals surface area contributed by atoms with E-state index >= 15 is 0 Å². The number of carbonyl (C=O) groups excluding carboxylic acids is 3. The van der Waals surface area contributed by atoms with Crippen LogP contribution in [-0.2, 0) is 9.53 Å². The molecule has 1 aliphatic heterocycles. The molecule has 1 fully saturated rings. The predicted octanol–water partition coefficient (Wildman–Crippen LogP) is 1.58. The molecule has 0 N–H and O–H groups in total. The first-order chi connectivity index (χ1) is 7.76. The first-order valence-electron chi connectivity index (χ1n) is 5.17. The van der Waals surface area contributed by atoms with Crippen LogP contribution in [0, 0.1) is 0 Å². The van der Waals surface area contributed by atoms with Gasteiger partial charge in [-0.25, -0.2) is 9.59 Å². The second-order valence-corrected chi connectivity index (χ2v) is 5.40. The normalized spacial score (nSPS) is 16.7. The molecule has 0 unspecified atom stereocenters. The molecule has 6 nitrogen and oxygen atoms in total. The Morgan fingerprint density at radius 1 is 1.41 bits per heavy atom. The summed E-state index contributed by atoms with van der Waals surface area (Å²) in [5, 5.41) is 0.550. The van der Waals surface area contributed by atoms with Gasteiger partial charge in [0.25, 0.3) is 5.91 Å². The van der Waals surface area contributed by atoms with E-state index < -0.39 is 23.6 Å². The van der Waals surface area contributed by atoms with E-state index in [-0.39, 0.29) is 6.54 Å². The van der Waals surface area contributed by atoms with E-state index in [1.165, 1.54) is 4.90 Å². The number of rotatable bonds is 2. The minimum atomic E-state index is -0.912. The van der Waals surface area contributed by atoms with Crippen molar-refractivity contribution in [3.63, 3.8) is 0 Å². The van der Waals surface area contributed by atoms with Crippen molar-refractivity contribution in [2.75, 3.05) is 18.4 Å². The summed E-state index contributed by atoms with van der Waals surface area (Å²) in [5.41, 5.74) is -0.736. The number of hydrogen-bond acceptors (Lipinski definition) is 4. The van der Waals surface area contributed by atoms with Crippen molar-refractivity contribution in [2.24, 2.45) is 0 Å². The Kier molecular flexibility index (Phi) is 4.13. The molecule has 17 heavy (non-hydrogen) atoms. The zero-order chi connectivity index (χ0) is 13.2. The molecule has 0 aromatic heterocycles. The maximum absolute atomic E-state index is 11.7. The van der Waals surface area contributed by atoms with Gasteiger partial charge >= 0.3 is 12.1 Å². The van der Waals surface area contributed by atoms with Crippen molar-refractivity contribution in [2.45, 2.75) is 26.4 Å². The molecule has 1 saturated heterocycles. The number of ether oxygens (including phenoxy) is 1. The van der Waals surface area contributed by atoms with Crippen LogP contribution in [0.25, 0.3) is 0 Å². The molecule has 0 aromatic rings. The van der Waals surface area contributed by atoms with Gasteiger partial charge in [0, 0.05) is 11.9 Å². The van der Waals surface area contributed by atoms with Crippen molar-refractivity contribution < 1.29 is 19.1 Å². The number of nitrogens with zero attached hydrogens (tertiary/aromatic N) is 2. The van der Waals surface area contributed by atoms with Crippen LogP contribution < -0.4 is 0 Å². The first-order valence-corrected chi connectivity index (χ1v) is 6.29. The zero-order valence-electron chi connectivity index (χ0n) is 10.0. The minimum absolute atomic E-state index is 0.0797. The van der Waals surface area contributed by atoms with Crippen LogP contribution in [0.2, 0.25) is 0 Å². The number of alkyl halides is 1. The van der Waals surface area contributed by atoms with Gasteiger partial charge in [-0.2, -0.15) is 4.90 Å². The molecule has 0 atom stereocenters. The van der Waals surface area contributed by atoms with Gasteiger partial charge in [-0.3, -0.25) is 4.79 Å². The standard InChI is InChI=1S/C10H15BrN2O4/c1-10(2,3)17-9(16)13-7(14)6-12(5-4-11)8(13)15/h4-6H2,1-3H3. The third-order valence-electron chi connectivity index (χ3n) is 1.97. The predicted molar refractivity (Wildman–Crippen MR) is 63.8 cm³/mol. The molecule has 0 radical (unpaired) electrons. The lowest BCUT2D eigenvalue weighted by Crippen LogP contribution is -2.41. The van der Waals surface area contributed by atoms with Gasteiger partial charge < -0.3 is 9.64 Å². The van der Waals surface area contributed by atoms with E-state index in [0.29, 0.717) is 16.8 Å². The number of halogens is 1. The first kappa shape index (κ1) is 14.0. The fraction of sp³-hybridized carbons (Fsp3) is 0.700. The third-order valence-corrected chi connectivity index (χ3v) is 2.32. The molecule has 0 saturated carbocycles. The third kappa shape index (κ3) is 3.42. The number of urea groups is 1. The zero-order valence-corrected chi connectivity index (χ0v) is 11.6. The summed E-state index contributed by atoms with van der Waals surface area (Å²) >= 11 is 3.17. The Balaban J connectivity index is 2.75. The van der Waals surface area contributed by atoms with Gasteiger partial charge in [0.1, 0.15) is 12.1 Å². The lowest BCUT2D eigenvalue weighted by atomic mass is 10.2. The van der Waals surface area contributed by atoms with Gasteiger partial charge in [0.2, 0.25) is 0 Å². The van der Waals surface area contributed by atoms with Crippen LogP contribution in [0.1, 0.15) is 20.8 Å². The molecule has 0 spiro atoms. The summed E-state index contributed by atoms with van der Waals surface area (Å²) in [6, 6.07) is -0.622. The number of carbonyl (C=O) groups is 3. The summed E-state index contributed by atoms with van der Waals surface area (Å²) in [7, 11) is 0. The van der Waals surface area contributed by atoms with Crippen molar-refractivity contribution in [1.82, 2.24) is 9.80 Å². The molecule has 4 amide bonds. The Morgan fingerprint density at radius 2 is 2.00 bits per heavy atom. The van der Waals surface area contributed by atoms with E-state index in [0.717, 1.165) is 0 Å². The maximum atomic E-state index is 11.7. The Morgan fingerprint density at radius 3 is 2.47 bits per heavy atom. The van der Waals surface area contributed by atoms with Crippen LogP contribution in [0.3, 0.4) is 0 Å². The second kappa shape index (κ2) is 5.03. The molecular weight excluding hydrogens is 292 g/mol. The number of hydrogen-bond donors (Lipinski definition) is 0. The Labute approximate surface area is 108 Å². The lowest BCUT2D eigenvalue weighted by Gasteiger charge is -2.22. The van der Waals surface area contributed by atoms with Gasteiger partial charge in [-0.05, 0) is 20.8 Å². The van der Waals surface area contributed by atoms with Gasteiger partial charge in [-0.1, -0.05) is 15.9 Å². The highest BCUT2D eigenvalue weighted by molar-refractivity contribution is 9.09. The van der Waals surface area contributed by atoms with E-state index in [1.807, 2.05) is 0 Å². The fourth-order valence-electron chi connectivity index (χ4n) is 1.31. The highest BCUT2D eigenvalue weighted by Crippen LogP contribution is 2.16. The Hall–Kier alpha value is -1.11. The van der Waals surface area contributed by atoms with E-state index in [4.69, 9.17) is 4.74 Å². The molecule has 0 bridgehead atoms. The average Bonchev–Trinajstić information content (AvgIpc) is 2.39. The number of imide groups is 3. The summed E-state index contributed by atoms with van der Waals surface area (Å²) in [6.45, 7) is 5.32. The van der Waals surface area contributed by atoms with Crippen molar-refractivity contribution in [3.05, 3.63) is 0 Å². The largest absolute Gasteiger partial charge is 0.443 e. The minimum Gasteiger partial charge on any atom is -0.443 e. The fourth-order valence-corrected chi connectivity index (χ4v) is 1.74. The molecule has 96 valence electrons. The monoisotopic (exact) mass is 306 g/mol.